The SMILES string of the molecule is O=C(CC(c1ccc(F)cc1)c1ccc(F)cc1)Nc1cncc(F)c1CC[C@@H]1CN[C@@H](CN(CCOc2ccccc2)C(=O)O)CO1. The molecule has 0 unspecified atom stereocenters. The maximum atomic E-state index is 15.0. The molecule has 0 radical (unpaired) electrons. The van der Waals surface area contributed by atoms with Crippen LogP contribution in [0.4, 0.5) is 23.7 Å². The Kier molecular flexibility index (Phi) is 12.0. The van der Waals surface area contributed by atoms with Crippen molar-refractivity contribution in [1.82, 2.24) is 15.2 Å². The van der Waals surface area contributed by atoms with Gasteiger partial charge in [-0.05, 0) is 60.4 Å². The number of nitrogens with one attached hydrogen (secondary N) is 2. The second kappa shape index (κ2) is 16.8. The Morgan fingerprint density at radius 3 is 2.25 bits per heavy atom. The van der Waals surface area contributed by atoms with E-state index in [1.807, 2.05) is 18.2 Å². The standard InChI is InChI=1S/C36H37F3N4O5/c37-26-10-6-24(7-11-26)32(25-8-12-27(38)13-9-25)18-35(44)42-34-21-40-20-33(39)31(34)15-14-30-19-41-28(23-48-30)22-43(36(45)46)16-17-47-29-4-2-1-3-5-29/h1-13,20-21,28,30,32,41H,14-19,22-23H2,(H,42,44)(H,45,46)/t28-,30+/m0/s1. The Balaban J connectivity index is 1.14. The summed E-state index contributed by atoms with van der Waals surface area (Å²) in [6.45, 7) is 1.32. The van der Waals surface area contributed by atoms with Crippen molar-refractivity contribution in [1.29, 1.82) is 0 Å². The minimum absolute atomic E-state index is 0.0595. The lowest BCUT2D eigenvalue weighted by Crippen LogP contribution is -2.53. The van der Waals surface area contributed by atoms with Crippen molar-refractivity contribution < 1.29 is 37.3 Å². The van der Waals surface area contributed by atoms with Crippen molar-refractivity contribution in [3.8, 4) is 5.75 Å². The van der Waals surface area contributed by atoms with Crippen LogP contribution in [-0.4, -0.2) is 72.0 Å². The Morgan fingerprint density at radius 2 is 1.65 bits per heavy atom. The summed E-state index contributed by atoms with van der Waals surface area (Å²) in [5.41, 5.74) is 1.85. The zero-order valence-corrected chi connectivity index (χ0v) is 26.2. The van der Waals surface area contributed by atoms with E-state index in [9.17, 15) is 23.5 Å². The molecule has 252 valence electrons. The molecule has 3 N–H and O–H groups in total. The summed E-state index contributed by atoms with van der Waals surface area (Å²) in [6, 6.07) is 20.4. The van der Waals surface area contributed by atoms with Crippen molar-refractivity contribution in [3.05, 3.63) is 125 Å². The number of para-hydroxylation sites is 1. The van der Waals surface area contributed by atoms with Crippen LogP contribution in [0.2, 0.25) is 0 Å². The first-order chi connectivity index (χ1) is 23.2. The highest BCUT2D eigenvalue weighted by Gasteiger charge is 2.26. The van der Waals surface area contributed by atoms with Crippen molar-refractivity contribution in [3.63, 3.8) is 0 Å². The molecule has 1 aromatic heterocycles. The maximum Gasteiger partial charge on any atom is 0.407 e. The third kappa shape index (κ3) is 9.79. The van der Waals surface area contributed by atoms with Crippen molar-refractivity contribution in [2.24, 2.45) is 0 Å². The summed E-state index contributed by atoms with van der Waals surface area (Å²) in [5.74, 6) is -1.67. The van der Waals surface area contributed by atoms with E-state index in [1.165, 1.54) is 35.4 Å². The first kappa shape index (κ1) is 34.4. The molecule has 2 heterocycles. The molecular weight excluding hydrogens is 625 g/mol. The summed E-state index contributed by atoms with van der Waals surface area (Å²) in [7, 11) is 0. The molecular formula is C36H37F3N4O5. The van der Waals surface area contributed by atoms with E-state index in [1.54, 1.807) is 36.4 Å². The van der Waals surface area contributed by atoms with Gasteiger partial charge in [0.1, 0.15) is 29.8 Å². The number of halogens is 3. The van der Waals surface area contributed by atoms with Crippen molar-refractivity contribution in [2.75, 3.05) is 38.2 Å². The van der Waals surface area contributed by atoms with Gasteiger partial charge in [0.15, 0.2) is 0 Å². The highest BCUT2D eigenvalue weighted by atomic mass is 19.1. The predicted octanol–water partition coefficient (Wildman–Crippen LogP) is 6.01. The number of ether oxygens (including phenoxy) is 2. The number of aromatic nitrogens is 1. The van der Waals surface area contributed by atoms with Crippen LogP contribution in [-0.2, 0) is 16.0 Å². The molecule has 0 bridgehead atoms. The minimum atomic E-state index is -1.06. The largest absolute Gasteiger partial charge is 0.492 e. The fraction of sp³-hybridized carbons (Fsp3) is 0.306. The highest BCUT2D eigenvalue weighted by molar-refractivity contribution is 5.92. The Morgan fingerprint density at radius 1 is 0.979 bits per heavy atom. The molecule has 48 heavy (non-hydrogen) atoms. The number of rotatable bonds is 14. The van der Waals surface area contributed by atoms with Gasteiger partial charge in [-0.25, -0.2) is 18.0 Å². The van der Waals surface area contributed by atoms with Gasteiger partial charge < -0.3 is 30.1 Å². The molecule has 1 saturated heterocycles. The van der Waals surface area contributed by atoms with Crippen LogP contribution in [0, 0.1) is 17.5 Å². The zero-order chi connectivity index (χ0) is 33.9. The number of carboxylic acid groups (broad SMARTS) is 1. The molecule has 2 amide bonds. The van der Waals surface area contributed by atoms with Gasteiger partial charge in [-0.1, -0.05) is 42.5 Å². The summed E-state index contributed by atoms with van der Waals surface area (Å²) in [4.78, 5) is 30.3. The second-order valence-corrected chi connectivity index (χ2v) is 11.5. The normalized spacial score (nSPS) is 16.0. The molecule has 9 nitrogen and oxygen atoms in total. The molecule has 1 fully saturated rings. The van der Waals surface area contributed by atoms with Crippen LogP contribution in [0.5, 0.6) is 5.75 Å². The lowest BCUT2D eigenvalue weighted by atomic mass is 9.88. The Labute approximate surface area is 276 Å². The van der Waals surface area contributed by atoms with E-state index in [-0.39, 0.29) is 62.5 Å². The quantitative estimate of drug-likeness (QED) is 0.152. The molecule has 5 rings (SSSR count). The number of nitrogens with zero attached hydrogens (tertiary/aromatic N) is 2. The molecule has 12 heteroatoms. The van der Waals surface area contributed by atoms with Crippen LogP contribution in [0.3, 0.4) is 0 Å². The van der Waals surface area contributed by atoms with Crippen LogP contribution in [0.1, 0.15) is 35.4 Å². The summed E-state index contributed by atoms with van der Waals surface area (Å²) in [6.07, 6.45) is 1.78. The van der Waals surface area contributed by atoms with E-state index in [0.29, 0.717) is 29.8 Å². The fourth-order valence-electron chi connectivity index (χ4n) is 5.63. The molecule has 4 aromatic rings. The molecule has 2 atom stereocenters. The van der Waals surface area contributed by atoms with Crippen LogP contribution in [0.15, 0.2) is 91.3 Å². The fourth-order valence-corrected chi connectivity index (χ4v) is 5.63. The van der Waals surface area contributed by atoms with Gasteiger partial charge in [-0.3, -0.25) is 9.78 Å². The van der Waals surface area contributed by atoms with Gasteiger partial charge >= 0.3 is 6.09 Å². The molecule has 0 saturated carbocycles. The summed E-state index contributed by atoms with van der Waals surface area (Å²) >= 11 is 0. The van der Waals surface area contributed by atoms with Gasteiger partial charge in [0.25, 0.3) is 0 Å². The summed E-state index contributed by atoms with van der Waals surface area (Å²) < 4.78 is 53.9. The van der Waals surface area contributed by atoms with E-state index < -0.39 is 35.4 Å². The first-order valence-electron chi connectivity index (χ1n) is 15.7. The highest BCUT2D eigenvalue weighted by Crippen LogP contribution is 2.30. The van der Waals surface area contributed by atoms with Gasteiger partial charge in [-0.15, -0.1) is 0 Å². The number of benzene rings is 3. The number of hydrogen-bond donors (Lipinski definition) is 3. The lowest BCUT2D eigenvalue weighted by molar-refractivity contribution is -0.116. The minimum Gasteiger partial charge on any atom is -0.492 e. The average molecular weight is 663 g/mol. The number of carbonyl (C=O) groups is 2. The third-order valence-electron chi connectivity index (χ3n) is 8.18. The molecule has 1 aliphatic rings. The Bertz CT molecular complexity index is 1590. The molecule has 1 aliphatic heterocycles. The maximum absolute atomic E-state index is 15.0. The van der Waals surface area contributed by atoms with Gasteiger partial charge in [0.05, 0.1) is 37.3 Å². The number of pyridine rings is 1. The number of carbonyl (C=O) groups excluding carboxylic acids is 1. The first-order valence-corrected chi connectivity index (χ1v) is 15.7. The van der Waals surface area contributed by atoms with Gasteiger partial charge in [-0.2, -0.15) is 0 Å². The van der Waals surface area contributed by atoms with Gasteiger partial charge in [0, 0.05) is 37.0 Å². The summed E-state index contributed by atoms with van der Waals surface area (Å²) in [5, 5.41) is 15.8. The van der Waals surface area contributed by atoms with E-state index in [0.717, 1.165) is 6.20 Å². The second-order valence-electron chi connectivity index (χ2n) is 11.5. The van der Waals surface area contributed by atoms with Crippen molar-refractivity contribution >= 4 is 17.7 Å². The number of hydrogen-bond acceptors (Lipinski definition) is 6. The molecule has 0 aliphatic carbocycles. The van der Waals surface area contributed by atoms with Gasteiger partial charge in [0.2, 0.25) is 5.91 Å². The smallest absolute Gasteiger partial charge is 0.407 e. The van der Waals surface area contributed by atoms with Crippen LogP contribution >= 0.6 is 0 Å². The van der Waals surface area contributed by atoms with E-state index in [2.05, 4.69) is 15.6 Å². The molecule has 0 spiro atoms. The van der Waals surface area contributed by atoms with E-state index in [4.69, 9.17) is 9.47 Å². The predicted molar refractivity (Wildman–Crippen MR) is 173 cm³/mol. The van der Waals surface area contributed by atoms with Crippen LogP contribution in [0.25, 0.3) is 0 Å². The lowest BCUT2D eigenvalue weighted by Gasteiger charge is -2.33. The number of morpholine rings is 1. The van der Waals surface area contributed by atoms with E-state index >= 15 is 4.39 Å². The van der Waals surface area contributed by atoms with Crippen molar-refractivity contribution in [2.45, 2.75) is 37.3 Å². The number of anilines is 1. The monoisotopic (exact) mass is 662 g/mol. The Hall–Kier alpha value is -4.94. The molecule has 3 aromatic carbocycles. The topological polar surface area (TPSA) is 113 Å². The zero-order valence-electron chi connectivity index (χ0n) is 26.2. The number of amides is 2. The average Bonchev–Trinajstić information content (AvgIpc) is 3.08. The third-order valence-corrected chi connectivity index (χ3v) is 8.18. The van der Waals surface area contributed by atoms with Crippen LogP contribution < -0.4 is 15.4 Å².